The fourth-order valence-electron chi connectivity index (χ4n) is 2.87. The molecule has 1 N–H and O–H groups in total. The Hall–Kier alpha value is -1.13. The summed E-state index contributed by atoms with van der Waals surface area (Å²) in [5.74, 6) is 0.119. The van der Waals surface area contributed by atoms with Crippen molar-refractivity contribution < 1.29 is 16.8 Å². The molecule has 0 amide bonds. The molecule has 1 aliphatic rings. The third kappa shape index (κ3) is 4.23. The molecule has 1 aliphatic heterocycles. The van der Waals surface area contributed by atoms with Crippen molar-refractivity contribution in [3.8, 4) is 0 Å². The Morgan fingerprint density at radius 2 is 1.92 bits per heavy atom. The van der Waals surface area contributed by atoms with E-state index in [2.05, 4.69) is 4.72 Å². The van der Waals surface area contributed by atoms with Crippen LogP contribution < -0.4 is 4.72 Å². The molecule has 0 spiro atoms. The quantitative estimate of drug-likeness (QED) is 0.756. The van der Waals surface area contributed by atoms with Crippen molar-refractivity contribution in [1.29, 1.82) is 0 Å². The van der Waals surface area contributed by atoms with E-state index in [0.29, 0.717) is 29.4 Å². The first-order chi connectivity index (χ1) is 12.2. The van der Waals surface area contributed by atoms with E-state index in [0.717, 1.165) is 22.5 Å². The summed E-state index contributed by atoms with van der Waals surface area (Å²) in [5.41, 5.74) is 2.26. The number of hydrogen-bond donors (Lipinski definition) is 1. The standard InChI is InChI=1S/C16H19ClN2O4S3/c1-2-9-25(20,21)19-8-7-12-3-4-14(10-13(12)11-19)18-26(22,23)16-6-5-15(17)24-16/h3-6,10,18H,2,7-9,11H2,1H3. The average molecular weight is 435 g/mol. The lowest BCUT2D eigenvalue weighted by atomic mass is 10.0. The van der Waals surface area contributed by atoms with E-state index in [9.17, 15) is 16.8 Å². The Morgan fingerprint density at radius 1 is 1.15 bits per heavy atom. The van der Waals surface area contributed by atoms with Gasteiger partial charge in [0.1, 0.15) is 4.21 Å². The molecule has 0 aliphatic carbocycles. The zero-order valence-corrected chi connectivity index (χ0v) is 17.3. The molecule has 142 valence electrons. The predicted octanol–water partition coefficient (Wildman–Crippen LogP) is 3.30. The minimum atomic E-state index is -3.72. The summed E-state index contributed by atoms with van der Waals surface area (Å²) in [5, 5.41) is 0. The first-order valence-electron chi connectivity index (χ1n) is 8.09. The van der Waals surface area contributed by atoms with Gasteiger partial charge in [-0.15, -0.1) is 11.3 Å². The minimum absolute atomic E-state index is 0.119. The van der Waals surface area contributed by atoms with Crippen molar-refractivity contribution in [1.82, 2.24) is 4.31 Å². The number of sulfonamides is 2. The van der Waals surface area contributed by atoms with Gasteiger partial charge >= 0.3 is 0 Å². The second-order valence-corrected chi connectivity index (χ2v) is 11.8. The molecule has 10 heteroatoms. The molecule has 6 nitrogen and oxygen atoms in total. The molecule has 2 aromatic rings. The van der Waals surface area contributed by atoms with Crippen molar-refractivity contribution in [2.24, 2.45) is 0 Å². The molecule has 0 radical (unpaired) electrons. The van der Waals surface area contributed by atoms with Gasteiger partial charge in [-0.25, -0.2) is 16.8 Å². The van der Waals surface area contributed by atoms with Crippen molar-refractivity contribution in [2.45, 2.75) is 30.5 Å². The largest absolute Gasteiger partial charge is 0.279 e. The summed E-state index contributed by atoms with van der Waals surface area (Å²) in [4.78, 5) is 0. The van der Waals surface area contributed by atoms with Gasteiger partial charge in [-0.2, -0.15) is 4.31 Å². The number of benzene rings is 1. The number of anilines is 1. The molecule has 0 unspecified atom stereocenters. The van der Waals surface area contributed by atoms with E-state index < -0.39 is 20.0 Å². The van der Waals surface area contributed by atoms with Crippen LogP contribution in [0.15, 0.2) is 34.5 Å². The number of fused-ring (bicyclic) bond motifs is 1. The highest BCUT2D eigenvalue weighted by Gasteiger charge is 2.26. The fourth-order valence-corrected chi connectivity index (χ4v) is 6.88. The number of halogens is 1. The first-order valence-corrected chi connectivity index (χ1v) is 12.4. The molecule has 0 atom stereocenters. The molecule has 0 bridgehead atoms. The lowest BCUT2D eigenvalue weighted by molar-refractivity contribution is 0.391. The van der Waals surface area contributed by atoms with Gasteiger partial charge in [0.2, 0.25) is 10.0 Å². The number of nitrogens with zero attached hydrogens (tertiary/aromatic N) is 1. The van der Waals surface area contributed by atoms with Gasteiger partial charge in [0, 0.05) is 18.8 Å². The zero-order chi connectivity index (χ0) is 18.9. The van der Waals surface area contributed by atoms with Crippen LogP contribution in [-0.2, 0) is 33.0 Å². The summed E-state index contributed by atoms with van der Waals surface area (Å²) in [6.07, 6.45) is 1.18. The van der Waals surface area contributed by atoms with Gasteiger partial charge in [-0.3, -0.25) is 4.72 Å². The van der Waals surface area contributed by atoms with Crippen LogP contribution in [0.2, 0.25) is 4.34 Å². The second kappa shape index (κ2) is 7.47. The molecule has 2 heterocycles. The lowest BCUT2D eigenvalue weighted by Gasteiger charge is -2.28. The summed E-state index contributed by atoms with van der Waals surface area (Å²) < 4.78 is 54.0. The third-order valence-electron chi connectivity index (χ3n) is 4.10. The second-order valence-electron chi connectivity index (χ2n) is 6.05. The fraction of sp³-hybridized carbons (Fsp3) is 0.375. The van der Waals surface area contributed by atoms with Crippen LogP contribution >= 0.6 is 22.9 Å². The van der Waals surface area contributed by atoms with Crippen LogP contribution in [0.1, 0.15) is 24.5 Å². The minimum Gasteiger partial charge on any atom is -0.279 e. The number of rotatable bonds is 6. The Kier molecular flexibility index (Phi) is 5.64. The maximum absolute atomic E-state index is 12.4. The number of hydrogen-bond acceptors (Lipinski definition) is 5. The Morgan fingerprint density at radius 3 is 2.58 bits per heavy atom. The van der Waals surface area contributed by atoms with Gasteiger partial charge in [0.05, 0.1) is 10.1 Å². The van der Waals surface area contributed by atoms with Crippen molar-refractivity contribution in [3.63, 3.8) is 0 Å². The highest BCUT2D eigenvalue weighted by atomic mass is 35.5. The van der Waals surface area contributed by atoms with Crippen LogP contribution in [0.3, 0.4) is 0 Å². The monoisotopic (exact) mass is 434 g/mol. The summed E-state index contributed by atoms with van der Waals surface area (Å²) in [6, 6.07) is 8.23. The van der Waals surface area contributed by atoms with E-state index in [1.54, 1.807) is 12.1 Å². The molecule has 1 aromatic heterocycles. The van der Waals surface area contributed by atoms with Gasteiger partial charge in [-0.1, -0.05) is 24.6 Å². The van der Waals surface area contributed by atoms with Gasteiger partial charge < -0.3 is 0 Å². The lowest BCUT2D eigenvalue weighted by Crippen LogP contribution is -2.37. The van der Waals surface area contributed by atoms with E-state index in [1.807, 2.05) is 13.0 Å². The van der Waals surface area contributed by atoms with Crippen molar-refractivity contribution in [2.75, 3.05) is 17.0 Å². The average Bonchev–Trinajstić information content (AvgIpc) is 3.01. The number of nitrogens with one attached hydrogen (secondary N) is 1. The Labute approximate surface area is 162 Å². The van der Waals surface area contributed by atoms with E-state index in [4.69, 9.17) is 11.6 Å². The summed E-state index contributed by atoms with van der Waals surface area (Å²) in [7, 11) is -7.00. The van der Waals surface area contributed by atoms with E-state index >= 15 is 0 Å². The molecule has 0 fully saturated rings. The van der Waals surface area contributed by atoms with Crippen molar-refractivity contribution in [3.05, 3.63) is 45.8 Å². The van der Waals surface area contributed by atoms with Crippen LogP contribution in [0, 0.1) is 0 Å². The third-order valence-corrected chi connectivity index (χ3v) is 9.23. The van der Waals surface area contributed by atoms with E-state index in [-0.39, 0.29) is 16.5 Å². The molecule has 1 aromatic carbocycles. The van der Waals surface area contributed by atoms with Gasteiger partial charge in [-0.05, 0) is 48.2 Å². The molecule has 0 saturated carbocycles. The highest BCUT2D eigenvalue weighted by molar-refractivity contribution is 7.94. The van der Waals surface area contributed by atoms with Gasteiger partial charge in [0.15, 0.2) is 0 Å². The van der Waals surface area contributed by atoms with Crippen LogP contribution in [0.5, 0.6) is 0 Å². The van der Waals surface area contributed by atoms with Gasteiger partial charge in [0.25, 0.3) is 10.0 Å². The maximum Gasteiger partial charge on any atom is 0.271 e. The molecular formula is C16H19ClN2O4S3. The van der Waals surface area contributed by atoms with Crippen LogP contribution in [-0.4, -0.2) is 33.4 Å². The molecule has 26 heavy (non-hydrogen) atoms. The summed E-state index contributed by atoms with van der Waals surface area (Å²) >= 11 is 6.79. The first kappa shape index (κ1) is 19.6. The molecule has 3 rings (SSSR count). The smallest absolute Gasteiger partial charge is 0.271 e. The highest BCUT2D eigenvalue weighted by Crippen LogP contribution is 2.29. The van der Waals surface area contributed by atoms with E-state index in [1.165, 1.54) is 16.4 Å². The Bertz CT molecular complexity index is 1020. The van der Waals surface area contributed by atoms with Crippen molar-refractivity contribution >= 4 is 48.7 Å². The normalized spacial score (nSPS) is 15.6. The molecular weight excluding hydrogens is 416 g/mol. The maximum atomic E-state index is 12.4. The summed E-state index contributed by atoms with van der Waals surface area (Å²) in [6.45, 7) is 2.55. The van der Waals surface area contributed by atoms with Crippen LogP contribution in [0.25, 0.3) is 0 Å². The Balaban J connectivity index is 1.83. The zero-order valence-electron chi connectivity index (χ0n) is 14.1. The number of thiophene rings is 1. The predicted molar refractivity (Wildman–Crippen MR) is 105 cm³/mol. The van der Waals surface area contributed by atoms with Crippen LogP contribution in [0.4, 0.5) is 5.69 Å². The topological polar surface area (TPSA) is 83.6 Å². The SMILES string of the molecule is CCCS(=O)(=O)N1CCc2ccc(NS(=O)(=O)c3ccc(Cl)s3)cc2C1. The molecule has 0 saturated heterocycles.